The van der Waals surface area contributed by atoms with Crippen LogP contribution >= 0.6 is 0 Å². The van der Waals surface area contributed by atoms with E-state index in [9.17, 15) is 9.59 Å². The molecule has 128 valence electrons. The van der Waals surface area contributed by atoms with Gasteiger partial charge in [0.05, 0.1) is 25.9 Å². The van der Waals surface area contributed by atoms with Crippen LogP contribution in [0.4, 0.5) is 0 Å². The van der Waals surface area contributed by atoms with Gasteiger partial charge in [-0.2, -0.15) is 5.10 Å². The summed E-state index contributed by atoms with van der Waals surface area (Å²) in [5.74, 6) is 0.0654. The third-order valence-electron chi connectivity index (χ3n) is 3.48. The highest BCUT2D eigenvalue weighted by atomic mass is 16.3. The minimum Gasteiger partial charge on any atom is -0.467 e. The molecule has 0 atom stereocenters. The van der Waals surface area contributed by atoms with Crippen molar-refractivity contribution in [2.24, 2.45) is 0 Å². The van der Waals surface area contributed by atoms with E-state index >= 15 is 0 Å². The van der Waals surface area contributed by atoms with E-state index in [1.54, 1.807) is 35.3 Å². The number of carbonyl (C=O) groups is 2. The molecule has 25 heavy (non-hydrogen) atoms. The Morgan fingerprint density at radius 3 is 2.64 bits per heavy atom. The van der Waals surface area contributed by atoms with Crippen molar-refractivity contribution in [3.8, 4) is 0 Å². The lowest BCUT2D eigenvalue weighted by atomic mass is 10.1. The van der Waals surface area contributed by atoms with Crippen molar-refractivity contribution in [3.63, 3.8) is 0 Å². The maximum atomic E-state index is 12.1. The fourth-order valence-electron chi connectivity index (χ4n) is 2.19. The van der Waals surface area contributed by atoms with Crippen LogP contribution in [0.2, 0.25) is 0 Å². The lowest BCUT2D eigenvalue weighted by molar-refractivity contribution is -0.120. The molecule has 0 spiro atoms. The third kappa shape index (κ3) is 4.77. The van der Waals surface area contributed by atoms with E-state index in [1.807, 2.05) is 12.1 Å². The number of nitrogens with one attached hydrogen (secondary N) is 2. The maximum absolute atomic E-state index is 12.1. The van der Waals surface area contributed by atoms with Gasteiger partial charge in [0.15, 0.2) is 0 Å². The van der Waals surface area contributed by atoms with Crippen LogP contribution < -0.4 is 10.6 Å². The van der Waals surface area contributed by atoms with E-state index < -0.39 is 0 Å². The number of hydrogen-bond donors (Lipinski definition) is 2. The molecule has 0 aliphatic heterocycles. The monoisotopic (exact) mass is 339 g/mol. The first-order valence-corrected chi connectivity index (χ1v) is 7.69. The first-order chi connectivity index (χ1) is 12.2. The Labute approximate surface area is 143 Å². The molecular formula is C17H17N5O3. The van der Waals surface area contributed by atoms with Gasteiger partial charge in [-0.15, -0.1) is 0 Å². The molecule has 3 rings (SSSR count). The number of rotatable bonds is 7. The zero-order valence-corrected chi connectivity index (χ0v) is 13.4. The summed E-state index contributed by atoms with van der Waals surface area (Å²) < 4.78 is 6.81. The predicted molar refractivity (Wildman–Crippen MR) is 88.5 cm³/mol. The molecule has 8 nitrogen and oxygen atoms in total. The minimum atomic E-state index is -0.305. The second-order valence-electron chi connectivity index (χ2n) is 5.33. The normalized spacial score (nSPS) is 10.4. The van der Waals surface area contributed by atoms with E-state index in [0.717, 1.165) is 5.56 Å². The Kier molecular flexibility index (Phi) is 5.20. The first kappa shape index (κ1) is 16.4. The standard InChI is InChI=1S/C17H17N5O3/c23-16(19-8-15-2-1-7-25-15)9-20-17(24)14-5-3-13(4-6-14)10-22-12-18-11-21-22/h1-7,11-12H,8-10H2,(H,19,23)(H,20,24). The van der Waals surface area contributed by atoms with Crippen LogP contribution in [0.5, 0.6) is 0 Å². The second-order valence-corrected chi connectivity index (χ2v) is 5.33. The molecule has 3 aromatic rings. The summed E-state index contributed by atoms with van der Waals surface area (Å²) >= 11 is 0. The highest BCUT2D eigenvalue weighted by Gasteiger charge is 2.08. The topological polar surface area (TPSA) is 102 Å². The van der Waals surface area contributed by atoms with Crippen LogP contribution in [0.1, 0.15) is 21.7 Å². The summed E-state index contributed by atoms with van der Waals surface area (Å²) in [6.07, 6.45) is 4.64. The summed E-state index contributed by atoms with van der Waals surface area (Å²) in [4.78, 5) is 27.7. The first-order valence-electron chi connectivity index (χ1n) is 7.69. The number of furan rings is 1. The number of nitrogens with zero attached hydrogens (tertiary/aromatic N) is 3. The highest BCUT2D eigenvalue weighted by Crippen LogP contribution is 2.06. The van der Waals surface area contributed by atoms with Gasteiger partial charge < -0.3 is 15.1 Å². The van der Waals surface area contributed by atoms with E-state index in [4.69, 9.17) is 4.42 Å². The van der Waals surface area contributed by atoms with Crippen molar-refractivity contribution in [2.75, 3.05) is 6.54 Å². The van der Waals surface area contributed by atoms with Crippen LogP contribution in [-0.2, 0) is 17.9 Å². The molecule has 2 heterocycles. The minimum absolute atomic E-state index is 0.0970. The number of carbonyl (C=O) groups excluding carboxylic acids is 2. The van der Waals surface area contributed by atoms with Gasteiger partial charge in [-0.25, -0.2) is 9.67 Å². The van der Waals surface area contributed by atoms with Gasteiger partial charge in [-0.3, -0.25) is 9.59 Å². The van der Waals surface area contributed by atoms with Crippen molar-refractivity contribution in [3.05, 3.63) is 72.2 Å². The molecule has 2 amide bonds. The zero-order chi connectivity index (χ0) is 17.5. The van der Waals surface area contributed by atoms with Crippen LogP contribution in [0.15, 0.2) is 59.7 Å². The van der Waals surface area contributed by atoms with Crippen molar-refractivity contribution < 1.29 is 14.0 Å². The third-order valence-corrected chi connectivity index (χ3v) is 3.48. The molecule has 0 radical (unpaired) electrons. The average Bonchev–Trinajstić information content (AvgIpc) is 3.32. The molecule has 0 aliphatic rings. The average molecular weight is 339 g/mol. The Hall–Kier alpha value is -3.42. The van der Waals surface area contributed by atoms with Crippen LogP contribution in [0.25, 0.3) is 0 Å². The molecule has 0 bridgehead atoms. The number of amides is 2. The molecule has 0 saturated heterocycles. The molecule has 0 saturated carbocycles. The van der Waals surface area contributed by atoms with Gasteiger partial charge in [0.1, 0.15) is 18.4 Å². The van der Waals surface area contributed by atoms with Crippen molar-refractivity contribution in [2.45, 2.75) is 13.1 Å². The van der Waals surface area contributed by atoms with E-state index in [0.29, 0.717) is 24.4 Å². The van der Waals surface area contributed by atoms with Gasteiger partial charge in [0, 0.05) is 5.56 Å². The van der Waals surface area contributed by atoms with Crippen molar-refractivity contribution in [1.29, 1.82) is 0 Å². The Morgan fingerprint density at radius 2 is 1.96 bits per heavy atom. The summed E-state index contributed by atoms with van der Waals surface area (Å²) in [7, 11) is 0. The quantitative estimate of drug-likeness (QED) is 0.668. The van der Waals surface area contributed by atoms with Crippen LogP contribution in [-0.4, -0.2) is 33.1 Å². The van der Waals surface area contributed by atoms with Gasteiger partial charge in [-0.05, 0) is 29.8 Å². The Morgan fingerprint density at radius 1 is 1.12 bits per heavy atom. The van der Waals surface area contributed by atoms with Crippen LogP contribution in [0, 0.1) is 0 Å². The maximum Gasteiger partial charge on any atom is 0.251 e. The van der Waals surface area contributed by atoms with Gasteiger partial charge in [0.25, 0.3) is 5.91 Å². The Bertz CT molecular complexity index is 811. The van der Waals surface area contributed by atoms with E-state index in [1.165, 1.54) is 12.6 Å². The molecule has 0 aliphatic carbocycles. The lowest BCUT2D eigenvalue weighted by Gasteiger charge is -2.07. The lowest BCUT2D eigenvalue weighted by Crippen LogP contribution is -2.36. The van der Waals surface area contributed by atoms with Crippen molar-refractivity contribution >= 4 is 11.8 Å². The summed E-state index contributed by atoms with van der Waals surface area (Å²) in [6, 6.07) is 10.6. The largest absolute Gasteiger partial charge is 0.467 e. The zero-order valence-electron chi connectivity index (χ0n) is 13.4. The Balaban J connectivity index is 1.45. The number of aromatic nitrogens is 3. The van der Waals surface area contributed by atoms with E-state index in [-0.39, 0.29) is 18.4 Å². The SMILES string of the molecule is O=C(CNC(=O)c1ccc(Cn2cncn2)cc1)NCc1ccco1. The molecule has 8 heteroatoms. The summed E-state index contributed by atoms with van der Waals surface area (Å²) in [6.45, 7) is 0.774. The fraction of sp³-hybridized carbons (Fsp3) is 0.176. The summed E-state index contributed by atoms with van der Waals surface area (Å²) in [5, 5.41) is 9.28. The molecule has 0 unspecified atom stereocenters. The molecule has 0 fully saturated rings. The van der Waals surface area contributed by atoms with Gasteiger partial charge in [-0.1, -0.05) is 12.1 Å². The molecule has 2 N–H and O–H groups in total. The second kappa shape index (κ2) is 7.91. The van der Waals surface area contributed by atoms with Crippen LogP contribution in [0.3, 0.4) is 0 Å². The van der Waals surface area contributed by atoms with Crippen molar-refractivity contribution in [1.82, 2.24) is 25.4 Å². The molecule has 2 aromatic heterocycles. The van der Waals surface area contributed by atoms with Gasteiger partial charge >= 0.3 is 0 Å². The highest BCUT2D eigenvalue weighted by molar-refractivity contribution is 5.96. The van der Waals surface area contributed by atoms with E-state index in [2.05, 4.69) is 20.7 Å². The smallest absolute Gasteiger partial charge is 0.251 e. The molecule has 1 aromatic carbocycles. The summed E-state index contributed by atoms with van der Waals surface area (Å²) in [5.41, 5.74) is 1.49. The number of benzene rings is 1. The number of hydrogen-bond acceptors (Lipinski definition) is 5. The predicted octanol–water partition coefficient (Wildman–Crippen LogP) is 0.966. The van der Waals surface area contributed by atoms with Gasteiger partial charge in [0.2, 0.25) is 5.91 Å². The molecular weight excluding hydrogens is 322 g/mol. The fourth-order valence-corrected chi connectivity index (χ4v) is 2.19.